The summed E-state index contributed by atoms with van der Waals surface area (Å²) in [6.07, 6.45) is 1.54. The van der Waals surface area contributed by atoms with E-state index in [9.17, 15) is 9.59 Å². The highest BCUT2D eigenvalue weighted by Gasteiger charge is 2.04. The van der Waals surface area contributed by atoms with Crippen molar-refractivity contribution in [1.29, 1.82) is 0 Å². The molecule has 0 saturated heterocycles. The first kappa shape index (κ1) is 12.8. The Hall–Kier alpha value is -1.62. The summed E-state index contributed by atoms with van der Waals surface area (Å²) < 4.78 is 3.72. The van der Waals surface area contributed by atoms with E-state index >= 15 is 0 Å². The SMILES string of the molecule is CCn1c(=O)ccn(Cc2cccc(Br)c2)c1=O. The standard InChI is InChI=1S/C13H13BrN2O2/c1-2-16-12(17)6-7-15(13(16)18)9-10-4-3-5-11(14)8-10/h3-8H,2,9H2,1H3. The molecule has 1 aromatic carbocycles. The van der Waals surface area contributed by atoms with Gasteiger partial charge >= 0.3 is 5.69 Å². The first-order chi connectivity index (χ1) is 8.61. The van der Waals surface area contributed by atoms with Crippen molar-refractivity contribution in [3.05, 3.63) is 67.4 Å². The number of benzene rings is 1. The molecule has 0 fully saturated rings. The van der Waals surface area contributed by atoms with Crippen molar-refractivity contribution in [1.82, 2.24) is 9.13 Å². The highest BCUT2D eigenvalue weighted by Crippen LogP contribution is 2.11. The van der Waals surface area contributed by atoms with Crippen molar-refractivity contribution >= 4 is 15.9 Å². The zero-order valence-electron chi connectivity index (χ0n) is 9.97. The molecule has 0 radical (unpaired) electrons. The Morgan fingerprint density at radius 1 is 1.22 bits per heavy atom. The second-order valence-corrected chi connectivity index (χ2v) is 4.85. The van der Waals surface area contributed by atoms with Gasteiger partial charge in [0.15, 0.2) is 0 Å². The van der Waals surface area contributed by atoms with Gasteiger partial charge in [-0.1, -0.05) is 28.1 Å². The number of aromatic nitrogens is 2. The Morgan fingerprint density at radius 3 is 2.67 bits per heavy atom. The summed E-state index contributed by atoms with van der Waals surface area (Å²) in [5.41, 5.74) is 0.478. The Labute approximate surface area is 113 Å². The fourth-order valence-corrected chi connectivity index (χ4v) is 2.25. The molecule has 5 heteroatoms. The first-order valence-electron chi connectivity index (χ1n) is 5.66. The Bertz CT molecular complexity index is 673. The molecule has 94 valence electrons. The molecule has 0 spiro atoms. The van der Waals surface area contributed by atoms with E-state index in [0.717, 1.165) is 10.0 Å². The summed E-state index contributed by atoms with van der Waals surface area (Å²) in [4.78, 5) is 23.5. The van der Waals surface area contributed by atoms with E-state index in [2.05, 4.69) is 15.9 Å². The quantitative estimate of drug-likeness (QED) is 0.868. The van der Waals surface area contributed by atoms with Crippen LogP contribution in [-0.4, -0.2) is 9.13 Å². The van der Waals surface area contributed by atoms with Gasteiger partial charge in [0, 0.05) is 23.3 Å². The number of halogens is 1. The van der Waals surface area contributed by atoms with Crippen LogP contribution in [0.4, 0.5) is 0 Å². The van der Waals surface area contributed by atoms with Gasteiger partial charge in [0.25, 0.3) is 5.56 Å². The van der Waals surface area contributed by atoms with Crippen LogP contribution < -0.4 is 11.2 Å². The molecule has 1 heterocycles. The Balaban J connectivity index is 2.42. The molecule has 18 heavy (non-hydrogen) atoms. The minimum absolute atomic E-state index is 0.256. The van der Waals surface area contributed by atoms with Gasteiger partial charge < -0.3 is 0 Å². The first-order valence-corrected chi connectivity index (χ1v) is 6.46. The van der Waals surface area contributed by atoms with Gasteiger partial charge in [-0.2, -0.15) is 0 Å². The lowest BCUT2D eigenvalue weighted by molar-refractivity contribution is 0.598. The summed E-state index contributed by atoms with van der Waals surface area (Å²) in [6.45, 7) is 2.63. The third-order valence-electron chi connectivity index (χ3n) is 2.70. The molecule has 0 saturated carbocycles. The van der Waals surface area contributed by atoms with Crippen LogP contribution in [0.2, 0.25) is 0 Å². The van der Waals surface area contributed by atoms with Gasteiger partial charge in [-0.05, 0) is 24.6 Å². The third kappa shape index (κ3) is 2.61. The zero-order valence-corrected chi connectivity index (χ0v) is 11.6. The largest absolute Gasteiger partial charge is 0.331 e. The second-order valence-electron chi connectivity index (χ2n) is 3.94. The van der Waals surface area contributed by atoms with E-state index in [1.165, 1.54) is 21.4 Å². The summed E-state index contributed by atoms with van der Waals surface area (Å²) in [5.74, 6) is 0. The molecule has 0 aliphatic rings. The predicted molar refractivity (Wildman–Crippen MR) is 73.9 cm³/mol. The molecule has 1 aromatic heterocycles. The van der Waals surface area contributed by atoms with Crippen molar-refractivity contribution in [2.24, 2.45) is 0 Å². The van der Waals surface area contributed by atoms with E-state index < -0.39 is 0 Å². The van der Waals surface area contributed by atoms with Crippen molar-refractivity contribution in [3.8, 4) is 0 Å². The average molecular weight is 309 g/mol. The maximum absolute atomic E-state index is 12.0. The van der Waals surface area contributed by atoms with Crippen LogP contribution in [0.15, 0.2) is 50.6 Å². The molecule has 0 aliphatic carbocycles. The van der Waals surface area contributed by atoms with Crippen LogP contribution in [0.5, 0.6) is 0 Å². The minimum atomic E-state index is -0.273. The third-order valence-corrected chi connectivity index (χ3v) is 3.19. The normalized spacial score (nSPS) is 10.6. The highest BCUT2D eigenvalue weighted by molar-refractivity contribution is 9.10. The van der Waals surface area contributed by atoms with Crippen LogP contribution in [0, 0.1) is 0 Å². The van der Waals surface area contributed by atoms with Crippen molar-refractivity contribution in [2.45, 2.75) is 20.0 Å². The van der Waals surface area contributed by atoms with E-state index in [4.69, 9.17) is 0 Å². The molecular weight excluding hydrogens is 296 g/mol. The molecule has 2 rings (SSSR count). The lowest BCUT2D eigenvalue weighted by Crippen LogP contribution is -2.38. The smallest absolute Gasteiger partial charge is 0.296 e. The molecule has 2 aromatic rings. The lowest BCUT2D eigenvalue weighted by Gasteiger charge is -2.08. The maximum atomic E-state index is 12.0. The second kappa shape index (κ2) is 5.35. The molecule has 0 atom stereocenters. The van der Waals surface area contributed by atoms with Crippen LogP contribution in [0.1, 0.15) is 12.5 Å². The molecule has 0 N–H and O–H groups in total. The number of nitrogens with zero attached hydrogens (tertiary/aromatic N) is 2. The summed E-state index contributed by atoms with van der Waals surface area (Å²) in [5, 5.41) is 0. The number of rotatable bonds is 3. The van der Waals surface area contributed by atoms with Crippen LogP contribution in [-0.2, 0) is 13.1 Å². The van der Waals surface area contributed by atoms with E-state index in [1.807, 2.05) is 24.3 Å². The molecular formula is C13H13BrN2O2. The van der Waals surface area contributed by atoms with Gasteiger partial charge in [0.1, 0.15) is 0 Å². The fraction of sp³-hybridized carbons (Fsp3) is 0.231. The monoisotopic (exact) mass is 308 g/mol. The van der Waals surface area contributed by atoms with E-state index in [0.29, 0.717) is 13.1 Å². The van der Waals surface area contributed by atoms with Crippen molar-refractivity contribution in [3.63, 3.8) is 0 Å². The lowest BCUT2D eigenvalue weighted by atomic mass is 10.2. The summed E-state index contributed by atoms with van der Waals surface area (Å²) >= 11 is 3.39. The van der Waals surface area contributed by atoms with E-state index in [-0.39, 0.29) is 11.2 Å². The summed E-state index contributed by atoms with van der Waals surface area (Å²) in [6, 6.07) is 9.16. The van der Waals surface area contributed by atoms with Gasteiger partial charge in [-0.3, -0.25) is 13.9 Å². The minimum Gasteiger partial charge on any atom is -0.296 e. The topological polar surface area (TPSA) is 44.0 Å². The molecule has 4 nitrogen and oxygen atoms in total. The Kier molecular flexibility index (Phi) is 3.81. The molecule has 0 amide bonds. The van der Waals surface area contributed by atoms with Gasteiger partial charge in [0.2, 0.25) is 0 Å². The molecule has 0 bridgehead atoms. The fourth-order valence-electron chi connectivity index (χ4n) is 1.80. The van der Waals surface area contributed by atoms with E-state index in [1.54, 1.807) is 6.92 Å². The van der Waals surface area contributed by atoms with Crippen molar-refractivity contribution < 1.29 is 0 Å². The molecule has 0 unspecified atom stereocenters. The van der Waals surface area contributed by atoms with Crippen molar-refractivity contribution in [2.75, 3.05) is 0 Å². The van der Waals surface area contributed by atoms with Crippen LogP contribution in [0.3, 0.4) is 0 Å². The number of hydrogen-bond donors (Lipinski definition) is 0. The van der Waals surface area contributed by atoms with Crippen LogP contribution in [0.25, 0.3) is 0 Å². The zero-order chi connectivity index (χ0) is 13.1. The summed E-state index contributed by atoms with van der Waals surface area (Å²) in [7, 11) is 0. The van der Waals surface area contributed by atoms with Gasteiger partial charge in [-0.25, -0.2) is 4.79 Å². The van der Waals surface area contributed by atoms with Gasteiger partial charge in [0.05, 0.1) is 6.54 Å². The van der Waals surface area contributed by atoms with Crippen LogP contribution >= 0.6 is 15.9 Å². The maximum Gasteiger partial charge on any atom is 0.331 e. The highest BCUT2D eigenvalue weighted by atomic mass is 79.9. The van der Waals surface area contributed by atoms with Gasteiger partial charge in [-0.15, -0.1) is 0 Å². The predicted octanol–water partition coefficient (Wildman–Crippen LogP) is 1.84. The molecule has 0 aliphatic heterocycles. The Morgan fingerprint density at radius 2 is 2.00 bits per heavy atom. The average Bonchev–Trinajstić information content (AvgIpc) is 2.34. The number of hydrogen-bond acceptors (Lipinski definition) is 2.